The molecule has 1 saturated carbocycles. The van der Waals surface area contributed by atoms with Crippen LogP contribution in [0.15, 0.2) is 42.5 Å². The fraction of sp³-hybridized carbons (Fsp3) is 0.400. The largest absolute Gasteiger partial charge is 0.481 e. The molecule has 1 aromatic carbocycles. The number of hydrogen-bond donors (Lipinski definition) is 1. The number of aryl methyl sites for hydroxylation is 1. The van der Waals surface area contributed by atoms with Crippen LogP contribution in [0.1, 0.15) is 44.1 Å². The summed E-state index contributed by atoms with van der Waals surface area (Å²) in [6, 6.07) is 14.2. The van der Waals surface area contributed by atoms with Gasteiger partial charge >= 0.3 is 5.97 Å². The molecule has 0 atom stereocenters. The molecule has 0 unspecified atom stereocenters. The number of aliphatic carboxylic acids is 1. The lowest BCUT2D eigenvalue weighted by Crippen LogP contribution is -2.24. The molecule has 0 saturated heterocycles. The molecule has 126 valence electrons. The Morgan fingerprint density at radius 1 is 1.12 bits per heavy atom. The molecule has 1 fully saturated rings. The second-order valence-corrected chi connectivity index (χ2v) is 6.33. The van der Waals surface area contributed by atoms with E-state index in [0.29, 0.717) is 12.0 Å². The highest BCUT2D eigenvalue weighted by atomic mass is 16.5. The lowest BCUT2D eigenvalue weighted by molar-refractivity contribution is -0.137. The number of unbranched alkanes of at least 4 members (excludes halogenated alkanes) is 1. The van der Waals surface area contributed by atoms with Gasteiger partial charge in [0.1, 0.15) is 6.10 Å². The molecule has 0 aliphatic heterocycles. The van der Waals surface area contributed by atoms with Gasteiger partial charge in [0.25, 0.3) is 0 Å². The van der Waals surface area contributed by atoms with Crippen molar-refractivity contribution in [1.82, 2.24) is 4.98 Å². The Morgan fingerprint density at radius 2 is 1.92 bits per heavy atom. The average molecular weight is 325 g/mol. The van der Waals surface area contributed by atoms with Gasteiger partial charge in [-0.25, -0.2) is 4.98 Å². The van der Waals surface area contributed by atoms with E-state index in [2.05, 4.69) is 29.2 Å². The van der Waals surface area contributed by atoms with Gasteiger partial charge in [-0.2, -0.15) is 0 Å². The van der Waals surface area contributed by atoms with Crippen LogP contribution in [-0.4, -0.2) is 22.2 Å². The summed E-state index contributed by atoms with van der Waals surface area (Å²) in [7, 11) is 0. The molecular formula is C20H23NO3. The van der Waals surface area contributed by atoms with Crippen molar-refractivity contribution in [2.24, 2.45) is 0 Å². The third kappa shape index (κ3) is 4.57. The number of carboxylic acid groups (broad SMARTS) is 1. The number of pyridine rings is 1. The third-order valence-corrected chi connectivity index (χ3v) is 4.42. The van der Waals surface area contributed by atoms with Gasteiger partial charge < -0.3 is 9.84 Å². The van der Waals surface area contributed by atoms with E-state index >= 15 is 0 Å². The van der Waals surface area contributed by atoms with Gasteiger partial charge in [0.15, 0.2) is 0 Å². The number of ether oxygens (including phenoxy) is 1. The molecular weight excluding hydrogens is 302 g/mol. The van der Waals surface area contributed by atoms with Crippen LogP contribution >= 0.6 is 0 Å². The van der Waals surface area contributed by atoms with Gasteiger partial charge in [-0.3, -0.25) is 4.79 Å². The van der Waals surface area contributed by atoms with Crippen LogP contribution in [0.3, 0.4) is 0 Å². The molecule has 4 heteroatoms. The molecule has 3 rings (SSSR count). The maximum Gasteiger partial charge on any atom is 0.303 e. The number of carboxylic acids is 1. The molecule has 0 spiro atoms. The highest BCUT2D eigenvalue weighted by Gasteiger charge is 2.19. The van der Waals surface area contributed by atoms with Crippen LogP contribution in [0.25, 0.3) is 11.3 Å². The normalized spacial score (nSPS) is 14.2. The van der Waals surface area contributed by atoms with Gasteiger partial charge in [0.05, 0.1) is 5.69 Å². The summed E-state index contributed by atoms with van der Waals surface area (Å²) in [6.07, 6.45) is 6.61. The van der Waals surface area contributed by atoms with Gasteiger partial charge in [-0.1, -0.05) is 30.3 Å². The quantitative estimate of drug-likeness (QED) is 0.727. The lowest BCUT2D eigenvalue weighted by atomic mass is 9.96. The summed E-state index contributed by atoms with van der Waals surface area (Å²) in [4.78, 5) is 15.1. The molecule has 1 aliphatic rings. The molecule has 24 heavy (non-hydrogen) atoms. The number of rotatable bonds is 8. The average Bonchev–Trinajstić information content (AvgIpc) is 2.56. The van der Waals surface area contributed by atoms with Crippen molar-refractivity contribution in [3.63, 3.8) is 0 Å². The Labute approximate surface area is 142 Å². The number of nitrogens with zero attached hydrogens (tertiary/aromatic N) is 1. The number of aromatic nitrogens is 1. The molecule has 1 heterocycles. The van der Waals surface area contributed by atoms with E-state index in [1.165, 1.54) is 12.0 Å². The van der Waals surface area contributed by atoms with Gasteiger partial charge in [0.2, 0.25) is 5.88 Å². The van der Waals surface area contributed by atoms with Crippen LogP contribution < -0.4 is 4.74 Å². The Balaban J connectivity index is 1.58. The Hall–Kier alpha value is -2.36. The third-order valence-electron chi connectivity index (χ3n) is 4.42. The van der Waals surface area contributed by atoms with E-state index < -0.39 is 5.97 Å². The predicted molar refractivity (Wildman–Crippen MR) is 93.1 cm³/mol. The summed E-state index contributed by atoms with van der Waals surface area (Å²) >= 11 is 0. The minimum absolute atomic E-state index is 0.246. The van der Waals surface area contributed by atoms with Crippen molar-refractivity contribution in [2.75, 3.05) is 0 Å². The van der Waals surface area contributed by atoms with E-state index in [0.717, 1.165) is 43.4 Å². The first-order valence-corrected chi connectivity index (χ1v) is 8.65. The first-order valence-electron chi connectivity index (χ1n) is 8.65. The number of carbonyl (C=O) groups is 1. The maximum atomic E-state index is 10.5. The Morgan fingerprint density at radius 3 is 2.58 bits per heavy atom. The van der Waals surface area contributed by atoms with Crippen molar-refractivity contribution in [2.45, 2.75) is 51.0 Å². The molecule has 0 amide bonds. The zero-order chi connectivity index (χ0) is 16.8. The highest BCUT2D eigenvalue weighted by Crippen LogP contribution is 2.26. The van der Waals surface area contributed by atoms with E-state index in [9.17, 15) is 4.79 Å². The number of hydrogen-bond acceptors (Lipinski definition) is 3. The molecule has 1 aliphatic carbocycles. The van der Waals surface area contributed by atoms with Crippen LogP contribution in [-0.2, 0) is 11.2 Å². The summed E-state index contributed by atoms with van der Waals surface area (Å²) in [5, 5.41) is 8.65. The summed E-state index contributed by atoms with van der Waals surface area (Å²) in [5.41, 5.74) is 3.22. The maximum absolute atomic E-state index is 10.5. The Bertz CT molecular complexity index is 678. The minimum atomic E-state index is -0.722. The van der Waals surface area contributed by atoms with Gasteiger partial charge in [-0.05, 0) is 50.2 Å². The van der Waals surface area contributed by atoms with Crippen molar-refractivity contribution in [3.05, 3.63) is 48.0 Å². The number of benzene rings is 1. The zero-order valence-electron chi connectivity index (χ0n) is 13.8. The van der Waals surface area contributed by atoms with E-state index in [1.807, 2.05) is 18.2 Å². The van der Waals surface area contributed by atoms with Crippen molar-refractivity contribution >= 4 is 5.97 Å². The molecule has 0 bridgehead atoms. The molecule has 1 aromatic heterocycles. The zero-order valence-corrected chi connectivity index (χ0v) is 13.8. The topological polar surface area (TPSA) is 59.4 Å². The molecule has 2 aromatic rings. The van der Waals surface area contributed by atoms with Crippen molar-refractivity contribution in [1.29, 1.82) is 0 Å². The predicted octanol–water partition coefficient (Wildman–Crippen LogP) is 4.48. The van der Waals surface area contributed by atoms with Crippen molar-refractivity contribution < 1.29 is 14.6 Å². The second kappa shape index (κ2) is 7.95. The smallest absolute Gasteiger partial charge is 0.303 e. The summed E-state index contributed by atoms with van der Waals surface area (Å²) < 4.78 is 5.86. The molecule has 0 radical (unpaired) electrons. The molecule has 1 N–H and O–H groups in total. The lowest BCUT2D eigenvalue weighted by Gasteiger charge is -2.25. The standard InChI is InChI=1S/C20H23NO3/c22-20(23)10-2-1-5-15-11-13-16(14-12-15)18-8-4-9-19(21-18)24-17-6-3-7-17/h4,8-9,11-14,17H,1-3,5-7,10H2,(H,22,23). The van der Waals surface area contributed by atoms with Crippen LogP contribution in [0.2, 0.25) is 0 Å². The first kappa shape index (κ1) is 16.5. The monoisotopic (exact) mass is 325 g/mol. The SMILES string of the molecule is O=C(O)CCCCc1ccc(-c2cccc(OC3CCC3)n2)cc1. The van der Waals surface area contributed by atoms with Crippen LogP contribution in [0.4, 0.5) is 0 Å². The Kier molecular flexibility index (Phi) is 5.47. The van der Waals surface area contributed by atoms with Crippen LogP contribution in [0, 0.1) is 0 Å². The summed E-state index contributed by atoms with van der Waals surface area (Å²) in [5.74, 6) is -0.0182. The highest BCUT2D eigenvalue weighted by molar-refractivity contribution is 5.66. The van der Waals surface area contributed by atoms with E-state index in [1.54, 1.807) is 0 Å². The van der Waals surface area contributed by atoms with Crippen molar-refractivity contribution in [3.8, 4) is 17.1 Å². The minimum Gasteiger partial charge on any atom is -0.481 e. The second-order valence-electron chi connectivity index (χ2n) is 6.33. The van der Waals surface area contributed by atoms with Gasteiger partial charge in [-0.15, -0.1) is 0 Å². The molecule has 4 nitrogen and oxygen atoms in total. The first-order chi connectivity index (χ1) is 11.7. The van der Waals surface area contributed by atoms with E-state index in [-0.39, 0.29) is 6.42 Å². The van der Waals surface area contributed by atoms with Gasteiger partial charge in [0, 0.05) is 18.1 Å². The fourth-order valence-electron chi connectivity index (χ4n) is 2.75. The fourth-order valence-corrected chi connectivity index (χ4v) is 2.75. The van der Waals surface area contributed by atoms with Crippen LogP contribution in [0.5, 0.6) is 5.88 Å². The summed E-state index contributed by atoms with van der Waals surface area (Å²) in [6.45, 7) is 0. The van der Waals surface area contributed by atoms with E-state index in [4.69, 9.17) is 9.84 Å².